The third-order valence-corrected chi connectivity index (χ3v) is 2.68. The predicted molar refractivity (Wildman–Crippen MR) is 54.0 cm³/mol. The maximum atomic E-state index is 12.2. The average molecular weight is 238 g/mol. The quantitative estimate of drug-likeness (QED) is 0.853. The van der Waals surface area contributed by atoms with Crippen LogP contribution in [0.2, 0.25) is 0 Å². The van der Waals surface area contributed by atoms with E-state index in [1.807, 2.05) is 0 Å². The second-order valence-electron chi connectivity index (χ2n) is 3.20. The highest BCUT2D eigenvalue weighted by atomic mass is 32.1. The molecule has 1 heterocycles. The highest BCUT2D eigenvalue weighted by molar-refractivity contribution is 7.09. The molecule has 1 unspecified atom stereocenters. The van der Waals surface area contributed by atoms with Gasteiger partial charge in [-0.05, 0) is 6.54 Å². The Morgan fingerprint density at radius 1 is 1.53 bits per heavy atom. The van der Waals surface area contributed by atoms with E-state index in [1.54, 1.807) is 18.5 Å². The lowest BCUT2D eigenvalue weighted by atomic mass is 10.1. The molecule has 0 amide bonds. The van der Waals surface area contributed by atoms with Crippen LogP contribution in [0.25, 0.3) is 0 Å². The third-order valence-electron chi connectivity index (χ3n) is 1.88. The minimum atomic E-state index is -4.12. The van der Waals surface area contributed by atoms with Gasteiger partial charge in [-0.3, -0.25) is 0 Å². The number of nitrogens with zero attached hydrogens (tertiary/aromatic N) is 1. The van der Waals surface area contributed by atoms with Crippen LogP contribution in [-0.2, 0) is 6.42 Å². The first kappa shape index (κ1) is 12.4. The monoisotopic (exact) mass is 238 g/mol. The van der Waals surface area contributed by atoms with Gasteiger partial charge in [0.25, 0.3) is 0 Å². The molecule has 0 aromatic carbocycles. The molecular weight excluding hydrogens is 225 g/mol. The van der Waals surface area contributed by atoms with Crippen LogP contribution in [0.4, 0.5) is 13.2 Å². The normalized spacial score (nSPS) is 14.1. The van der Waals surface area contributed by atoms with Gasteiger partial charge in [0.1, 0.15) is 0 Å². The van der Waals surface area contributed by atoms with Gasteiger partial charge in [0, 0.05) is 24.0 Å². The van der Waals surface area contributed by atoms with Crippen LogP contribution in [0.15, 0.2) is 11.6 Å². The van der Waals surface area contributed by atoms with E-state index in [4.69, 9.17) is 0 Å². The number of rotatable bonds is 5. The third kappa shape index (κ3) is 5.13. The summed E-state index contributed by atoms with van der Waals surface area (Å²) in [6.45, 7) is 2.33. The standard InChI is InChI=1S/C9H13F3N2S/c1-2-13-7(6-9(10,11)12)5-8-14-3-4-15-8/h3-4,7,13H,2,5-6H2,1H3. The zero-order chi connectivity index (χ0) is 11.3. The number of hydrogen-bond donors (Lipinski definition) is 1. The van der Waals surface area contributed by atoms with Crippen molar-refractivity contribution in [3.63, 3.8) is 0 Å². The summed E-state index contributed by atoms with van der Waals surface area (Å²) in [6.07, 6.45) is -2.98. The molecular formula is C9H13F3N2S. The molecule has 1 rings (SSSR count). The highest BCUT2D eigenvalue weighted by Gasteiger charge is 2.31. The summed E-state index contributed by atoms with van der Waals surface area (Å²) >= 11 is 1.38. The van der Waals surface area contributed by atoms with Gasteiger partial charge in [-0.1, -0.05) is 6.92 Å². The zero-order valence-corrected chi connectivity index (χ0v) is 9.16. The molecule has 1 N–H and O–H groups in total. The minimum Gasteiger partial charge on any atom is -0.313 e. The molecule has 1 aromatic rings. The number of nitrogens with one attached hydrogen (secondary N) is 1. The Morgan fingerprint density at radius 3 is 2.73 bits per heavy atom. The fraction of sp³-hybridized carbons (Fsp3) is 0.667. The maximum Gasteiger partial charge on any atom is 0.390 e. The number of hydrogen-bond acceptors (Lipinski definition) is 3. The van der Waals surface area contributed by atoms with Gasteiger partial charge >= 0.3 is 6.18 Å². The summed E-state index contributed by atoms with van der Waals surface area (Å²) in [5, 5.41) is 5.33. The van der Waals surface area contributed by atoms with Crippen molar-refractivity contribution in [1.82, 2.24) is 10.3 Å². The molecule has 0 aliphatic heterocycles. The largest absolute Gasteiger partial charge is 0.390 e. The summed E-state index contributed by atoms with van der Waals surface area (Å²) in [5.74, 6) is 0. The van der Waals surface area contributed by atoms with E-state index in [-0.39, 0.29) is 0 Å². The number of alkyl halides is 3. The average Bonchev–Trinajstić information content (AvgIpc) is 2.54. The molecule has 0 fully saturated rings. The van der Waals surface area contributed by atoms with Gasteiger partial charge in [0.15, 0.2) is 0 Å². The van der Waals surface area contributed by atoms with Crippen molar-refractivity contribution in [2.75, 3.05) is 6.54 Å². The van der Waals surface area contributed by atoms with Crippen LogP contribution in [0.3, 0.4) is 0 Å². The highest BCUT2D eigenvalue weighted by Crippen LogP contribution is 2.23. The molecule has 15 heavy (non-hydrogen) atoms. The van der Waals surface area contributed by atoms with Crippen LogP contribution in [0.5, 0.6) is 0 Å². The molecule has 0 bridgehead atoms. The molecule has 0 aliphatic carbocycles. The Hall–Kier alpha value is -0.620. The maximum absolute atomic E-state index is 12.2. The summed E-state index contributed by atoms with van der Waals surface area (Å²) in [6, 6.07) is -0.568. The Bertz CT molecular complexity index is 271. The molecule has 0 saturated carbocycles. The SMILES string of the molecule is CCNC(Cc1nccs1)CC(F)(F)F. The van der Waals surface area contributed by atoms with Crippen molar-refractivity contribution < 1.29 is 13.2 Å². The molecule has 0 spiro atoms. The Labute approximate surface area is 90.5 Å². The predicted octanol–water partition coefficient (Wildman–Crippen LogP) is 2.62. The van der Waals surface area contributed by atoms with E-state index in [0.717, 1.165) is 5.01 Å². The van der Waals surface area contributed by atoms with Gasteiger partial charge < -0.3 is 5.32 Å². The van der Waals surface area contributed by atoms with Crippen LogP contribution in [-0.4, -0.2) is 23.7 Å². The van der Waals surface area contributed by atoms with Crippen molar-refractivity contribution in [1.29, 1.82) is 0 Å². The Kier molecular flexibility index (Phi) is 4.53. The molecule has 0 radical (unpaired) electrons. The lowest BCUT2D eigenvalue weighted by Gasteiger charge is -2.18. The second-order valence-corrected chi connectivity index (χ2v) is 4.18. The summed E-state index contributed by atoms with van der Waals surface area (Å²) in [7, 11) is 0. The molecule has 6 heteroatoms. The smallest absolute Gasteiger partial charge is 0.313 e. The van der Waals surface area contributed by atoms with E-state index in [1.165, 1.54) is 11.3 Å². The Morgan fingerprint density at radius 2 is 2.27 bits per heavy atom. The number of halogens is 3. The number of aromatic nitrogens is 1. The van der Waals surface area contributed by atoms with Gasteiger partial charge in [-0.15, -0.1) is 11.3 Å². The summed E-state index contributed by atoms with van der Waals surface area (Å²) in [4.78, 5) is 3.98. The first-order valence-electron chi connectivity index (χ1n) is 4.69. The molecule has 1 aromatic heterocycles. The van der Waals surface area contributed by atoms with E-state index in [2.05, 4.69) is 10.3 Å². The fourth-order valence-corrected chi connectivity index (χ4v) is 2.05. The second kappa shape index (κ2) is 5.46. The summed E-state index contributed by atoms with van der Waals surface area (Å²) < 4.78 is 36.6. The van der Waals surface area contributed by atoms with Crippen molar-refractivity contribution in [2.24, 2.45) is 0 Å². The molecule has 0 aliphatic rings. The van der Waals surface area contributed by atoms with Gasteiger partial charge in [-0.2, -0.15) is 13.2 Å². The number of thiazole rings is 1. The van der Waals surface area contributed by atoms with E-state index in [0.29, 0.717) is 13.0 Å². The fourth-order valence-electron chi connectivity index (χ4n) is 1.35. The van der Waals surface area contributed by atoms with Crippen molar-refractivity contribution in [3.8, 4) is 0 Å². The Balaban J connectivity index is 2.51. The molecule has 2 nitrogen and oxygen atoms in total. The first-order chi connectivity index (χ1) is 7.01. The van der Waals surface area contributed by atoms with Crippen LogP contribution < -0.4 is 5.32 Å². The zero-order valence-electron chi connectivity index (χ0n) is 8.34. The van der Waals surface area contributed by atoms with Gasteiger partial charge in [-0.25, -0.2) is 4.98 Å². The van der Waals surface area contributed by atoms with Crippen molar-refractivity contribution in [3.05, 3.63) is 16.6 Å². The first-order valence-corrected chi connectivity index (χ1v) is 5.57. The van der Waals surface area contributed by atoms with E-state index in [9.17, 15) is 13.2 Å². The topological polar surface area (TPSA) is 24.9 Å². The van der Waals surface area contributed by atoms with Gasteiger partial charge in [0.05, 0.1) is 11.4 Å². The number of likely N-dealkylation sites (N-methyl/N-ethyl adjacent to an activating group) is 1. The molecule has 1 atom stereocenters. The van der Waals surface area contributed by atoms with Crippen LogP contribution in [0, 0.1) is 0 Å². The van der Waals surface area contributed by atoms with Crippen LogP contribution >= 0.6 is 11.3 Å². The van der Waals surface area contributed by atoms with E-state index >= 15 is 0 Å². The minimum absolute atomic E-state index is 0.338. The van der Waals surface area contributed by atoms with E-state index < -0.39 is 18.6 Å². The molecule has 86 valence electrons. The molecule has 0 saturated heterocycles. The summed E-state index contributed by atoms with van der Waals surface area (Å²) in [5.41, 5.74) is 0. The lowest BCUT2D eigenvalue weighted by molar-refractivity contribution is -0.139. The van der Waals surface area contributed by atoms with Crippen molar-refractivity contribution >= 4 is 11.3 Å². The van der Waals surface area contributed by atoms with Crippen LogP contribution in [0.1, 0.15) is 18.4 Å². The van der Waals surface area contributed by atoms with Gasteiger partial charge in [0.2, 0.25) is 0 Å². The van der Waals surface area contributed by atoms with Crippen molar-refractivity contribution in [2.45, 2.75) is 32.0 Å². The lowest BCUT2D eigenvalue weighted by Crippen LogP contribution is -2.35.